The lowest BCUT2D eigenvalue weighted by atomic mass is 9.87. The molecule has 4 rings (SSSR count). The first-order valence-electron chi connectivity index (χ1n) is 11.8. The van der Waals surface area contributed by atoms with Crippen LogP contribution < -0.4 is 0 Å². The van der Waals surface area contributed by atoms with Gasteiger partial charge < -0.3 is 10.2 Å². The molecule has 2 unspecified atom stereocenters. The minimum Gasteiger partial charge on any atom is -0.481 e. The number of nitrogens with zero attached hydrogens (tertiary/aromatic N) is 1. The Labute approximate surface area is 210 Å². The quantitative estimate of drug-likeness (QED) is 0.293. The summed E-state index contributed by atoms with van der Waals surface area (Å²) in [6, 6.07) is 16.2. The fourth-order valence-corrected chi connectivity index (χ4v) is 5.15. The summed E-state index contributed by atoms with van der Waals surface area (Å²) in [5, 5.41) is 18.6. The minimum atomic E-state index is -2.30. The highest BCUT2D eigenvalue weighted by Crippen LogP contribution is 2.47. The number of aliphatic hydroxyl groups excluding tert-OH is 1. The first-order chi connectivity index (χ1) is 17.2. The number of carboxylic acids is 1. The highest BCUT2D eigenvalue weighted by atomic mass is 31.1. The standard InChI is InChI=1S/C28H27FNO5P/c1-17(15-35-36(34)16-23(31)14-24(32)33)25-26(19-10-12-22(29)13-11-19)18(2)27(20-6-4-3-5-7-20)30-28(25)21-8-9-21/h3-7,10-13,21,23,31H,1,8-9,14-16H2,2H3/p+1. The van der Waals surface area contributed by atoms with Crippen LogP contribution in [-0.2, 0) is 13.9 Å². The molecule has 2 atom stereocenters. The van der Waals surface area contributed by atoms with E-state index in [-0.39, 0.29) is 24.5 Å². The molecule has 0 radical (unpaired) electrons. The average Bonchev–Trinajstić information content (AvgIpc) is 3.68. The average molecular weight is 509 g/mol. The van der Waals surface area contributed by atoms with Crippen LogP contribution in [0.1, 0.15) is 42.0 Å². The van der Waals surface area contributed by atoms with E-state index in [4.69, 9.17) is 14.6 Å². The number of hydrogen-bond acceptors (Lipinski definition) is 5. The van der Waals surface area contributed by atoms with Crippen LogP contribution >= 0.6 is 8.03 Å². The van der Waals surface area contributed by atoms with Crippen LogP contribution in [-0.4, -0.2) is 40.0 Å². The first kappa shape index (κ1) is 25.8. The molecule has 0 bridgehead atoms. The number of benzene rings is 2. The van der Waals surface area contributed by atoms with Crippen molar-refractivity contribution >= 4 is 19.6 Å². The van der Waals surface area contributed by atoms with Gasteiger partial charge in [-0.25, -0.2) is 4.39 Å². The Kier molecular flexibility index (Phi) is 8.04. The van der Waals surface area contributed by atoms with E-state index in [0.29, 0.717) is 5.57 Å². The molecule has 36 heavy (non-hydrogen) atoms. The molecule has 8 heteroatoms. The van der Waals surface area contributed by atoms with E-state index in [0.717, 1.165) is 52.0 Å². The van der Waals surface area contributed by atoms with Gasteiger partial charge in [0, 0.05) is 17.0 Å². The molecule has 0 saturated heterocycles. The van der Waals surface area contributed by atoms with Gasteiger partial charge in [-0.1, -0.05) is 49.0 Å². The zero-order valence-electron chi connectivity index (χ0n) is 20.0. The van der Waals surface area contributed by atoms with Gasteiger partial charge in [-0.05, 0) is 58.7 Å². The summed E-state index contributed by atoms with van der Waals surface area (Å²) in [6.45, 7) is 6.12. The molecule has 1 heterocycles. The third kappa shape index (κ3) is 6.11. The monoisotopic (exact) mass is 508 g/mol. The molecule has 3 aromatic rings. The van der Waals surface area contributed by atoms with Crippen molar-refractivity contribution in [2.24, 2.45) is 0 Å². The van der Waals surface area contributed by atoms with E-state index < -0.39 is 26.5 Å². The van der Waals surface area contributed by atoms with E-state index in [1.807, 2.05) is 37.3 Å². The summed E-state index contributed by atoms with van der Waals surface area (Å²) in [5.41, 5.74) is 6.68. The van der Waals surface area contributed by atoms with Gasteiger partial charge in [-0.15, -0.1) is 4.52 Å². The topological polar surface area (TPSA) is 96.7 Å². The maximum Gasteiger partial charge on any atom is 0.511 e. The predicted molar refractivity (Wildman–Crippen MR) is 137 cm³/mol. The maximum absolute atomic E-state index is 13.8. The van der Waals surface area contributed by atoms with E-state index in [1.165, 1.54) is 12.1 Å². The Morgan fingerprint density at radius 2 is 1.83 bits per heavy atom. The molecular weight excluding hydrogens is 480 g/mol. The van der Waals surface area contributed by atoms with Crippen molar-refractivity contribution in [3.63, 3.8) is 0 Å². The molecule has 0 spiro atoms. The molecule has 6 nitrogen and oxygen atoms in total. The summed E-state index contributed by atoms with van der Waals surface area (Å²) in [5.74, 6) is -1.25. The summed E-state index contributed by atoms with van der Waals surface area (Å²) >= 11 is 0. The number of aliphatic hydroxyl groups is 1. The van der Waals surface area contributed by atoms with Crippen LogP contribution in [0.5, 0.6) is 0 Å². The molecule has 186 valence electrons. The van der Waals surface area contributed by atoms with Crippen LogP contribution in [0.25, 0.3) is 28.0 Å². The Balaban J connectivity index is 1.74. The van der Waals surface area contributed by atoms with Gasteiger partial charge in [0.25, 0.3) is 0 Å². The fourth-order valence-electron chi connectivity index (χ4n) is 4.27. The fraction of sp³-hybridized carbons (Fsp3) is 0.286. The second-order valence-electron chi connectivity index (χ2n) is 9.01. The van der Waals surface area contributed by atoms with Gasteiger partial charge >= 0.3 is 14.0 Å². The summed E-state index contributed by atoms with van der Waals surface area (Å²) in [4.78, 5) is 15.8. The molecule has 0 amide bonds. The Hall–Kier alpha value is -3.25. The van der Waals surface area contributed by atoms with E-state index >= 15 is 0 Å². The van der Waals surface area contributed by atoms with Crippen LogP contribution in [0.2, 0.25) is 0 Å². The summed E-state index contributed by atoms with van der Waals surface area (Å²) in [6.07, 6.45) is -0.0613. The number of pyridine rings is 1. The Morgan fingerprint density at radius 3 is 2.44 bits per heavy atom. The molecule has 2 aromatic carbocycles. The van der Waals surface area contributed by atoms with Crippen molar-refractivity contribution in [2.75, 3.05) is 12.8 Å². The number of halogens is 1. The Bertz CT molecular complexity index is 1290. The lowest BCUT2D eigenvalue weighted by molar-refractivity contribution is -0.138. The van der Waals surface area contributed by atoms with E-state index in [9.17, 15) is 18.9 Å². The highest BCUT2D eigenvalue weighted by Gasteiger charge is 2.33. The number of aromatic nitrogens is 1. The lowest BCUT2D eigenvalue weighted by Crippen LogP contribution is -2.15. The van der Waals surface area contributed by atoms with Gasteiger partial charge in [0.2, 0.25) is 6.16 Å². The molecule has 0 aliphatic heterocycles. The van der Waals surface area contributed by atoms with Gasteiger partial charge in [-0.3, -0.25) is 9.78 Å². The molecule has 1 aliphatic carbocycles. The molecule has 1 fully saturated rings. The normalized spacial score (nSPS) is 14.4. The third-order valence-electron chi connectivity index (χ3n) is 6.12. The largest absolute Gasteiger partial charge is 0.511 e. The molecule has 1 saturated carbocycles. The van der Waals surface area contributed by atoms with Gasteiger partial charge in [0.05, 0.1) is 17.8 Å². The molecular formula is C28H28FNO5P+. The number of hydrogen-bond donors (Lipinski definition) is 2. The summed E-state index contributed by atoms with van der Waals surface area (Å²) in [7, 11) is -2.30. The molecule has 2 N–H and O–H groups in total. The van der Waals surface area contributed by atoms with Crippen LogP contribution in [0.15, 0.2) is 61.2 Å². The molecule has 1 aliphatic rings. The number of carbonyl (C=O) groups is 1. The zero-order valence-corrected chi connectivity index (χ0v) is 20.9. The number of carboxylic acid groups (broad SMARTS) is 1. The Morgan fingerprint density at radius 1 is 1.17 bits per heavy atom. The second-order valence-corrected chi connectivity index (χ2v) is 10.3. The smallest absolute Gasteiger partial charge is 0.481 e. The minimum absolute atomic E-state index is 0.0747. The van der Waals surface area contributed by atoms with Gasteiger partial charge in [0.1, 0.15) is 18.5 Å². The van der Waals surface area contributed by atoms with Crippen molar-refractivity contribution in [3.8, 4) is 22.4 Å². The third-order valence-corrected chi connectivity index (χ3v) is 7.26. The van der Waals surface area contributed by atoms with Gasteiger partial charge in [-0.2, -0.15) is 0 Å². The van der Waals surface area contributed by atoms with Crippen molar-refractivity contribution in [1.29, 1.82) is 0 Å². The van der Waals surface area contributed by atoms with Crippen LogP contribution in [0.3, 0.4) is 0 Å². The van der Waals surface area contributed by atoms with Crippen molar-refractivity contribution in [1.82, 2.24) is 4.98 Å². The van der Waals surface area contributed by atoms with Crippen molar-refractivity contribution < 1.29 is 28.5 Å². The highest BCUT2D eigenvalue weighted by molar-refractivity contribution is 7.39. The van der Waals surface area contributed by atoms with E-state index in [1.54, 1.807) is 12.1 Å². The van der Waals surface area contributed by atoms with Crippen molar-refractivity contribution in [3.05, 3.63) is 83.8 Å². The van der Waals surface area contributed by atoms with Crippen LogP contribution in [0, 0.1) is 12.7 Å². The predicted octanol–water partition coefficient (Wildman–Crippen LogP) is 6.35. The van der Waals surface area contributed by atoms with Crippen molar-refractivity contribution in [2.45, 2.75) is 38.2 Å². The van der Waals surface area contributed by atoms with Crippen LogP contribution in [0.4, 0.5) is 4.39 Å². The first-order valence-corrected chi connectivity index (χ1v) is 13.1. The number of aliphatic carboxylic acids is 1. The second kappa shape index (κ2) is 11.2. The van der Waals surface area contributed by atoms with E-state index in [2.05, 4.69) is 6.58 Å². The van der Waals surface area contributed by atoms with Gasteiger partial charge in [0.15, 0.2) is 0 Å². The lowest BCUT2D eigenvalue weighted by Gasteiger charge is -2.21. The number of rotatable bonds is 11. The zero-order chi connectivity index (χ0) is 25.8. The summed E-state index contributed by atoms with van der Waals surface area (Å²) < 4.78 is 31.7. The molecule has 1 aromatic heterocycles. The maximum atomic E-state index is 13.8. The SMILES string of the molecule is C=C(CO[P+](=O)CC(O)CC(=O)O)c1c(C2CC2)nc(-c2ccccc2)c(C)c1-c1ccc(F)cc1.